The topological polar surface area (TPSA) is 97.0 Å². The smallest absolute Gasteiger partial charge is 0.244 e. The van der Waals surface area contributed by atoms with Crippen molar-refractivity contribution in [3.8, 4) is 17.7 Å². The SMILES string of the molecule is Cc1[nH]nc2c1[C@@H](c1cc(Cl)ccc1OCc1c(F)cccc1Cl)C(C#N)=C(N)O2. The van der Waals surface area contributed by atoms with Crippen LogP contribution in [-0.2, 0) is 6.61 Å². The van der Waals surface area contributed by atoms with Crippen molar-refractivity contribution in [1.82, 2.24) is 10.2 Å². The molecule has 9 heteroatoms. The van der Waals surface area contributed by atoms with Gasteiger partial charge in [0.15, 0.2) is 0 Å². The highest BCUT2D eigenvalue weighted by atomic mass is 35.5. The summed E-state index contributed by atoms with van der Waals surface area (Å²) in [5.41, 5.74) is 8.33. The number of nitriles is 1. The lowest BCUT2D eigenvalue weighted by Gasteiger charge is -2.25. The highest BCUT2D eigenvalue weighted by Crippen LogP contribution is 2.46. The molecule has 0 bridgehead atoms. The maximum Gasteiger partial charge on any atom is 0.244 e. The number of benzene rings is 2. The predicted octanol–water partition coefficient (Wildman–Crippen LogP) is 4.96. The lowest BCUT2D eigenvalue weighted by Crippen LogP contribution is -2.21. The zero-order valence-corrected chi connectivity index (χ0v) is 17.2. The van der Waals surface area contributed by atoms with Crippen molar-refractivity contribution < 1.29 is 13.9 Å². The molecule has 0 saturated heterocycles. The molecule has 30 heavy (non-hydrogen) atoms. The Morgan fingerprint density at radius 3 is 2.87 bits per heavy atom. The van der Waals surface area contributed by atoms with E-state index < -0.39 is 11.7 Å². The summed E-state index contributed by atoms with van der Waals surface area (Å²) in [6.07, 6.45) is 0. The minimum Gasteiger partial charge on any atom is -0.488 e. The van der Waals surface area contributed by atoms with Crippen LogP contribution in [0.1, 0.15) is 28.3 Å². The van der Waals surface area contributed by atoms with E-state index in [1.165, 1.54) is 12.1 Å². The highest BCUT2D eigenvalue weighted by molar-refractivity contribution is 6.31. The molecule has 3 N–H and O–H groups in total. The second-order valence-corrected chi connectivity index (χ2v) is 7.51. The number of aromatic amines is 1. The molecule has 0 radical (unpaired) electrons. The first-order valence-electron chi connectivity index (χ1n) is 8.88. The summed E-state index contributed by atoms with van der Waals surface area (Å²) in [5, 5.41) is 17.4. The minimum atomic E-state index is -0.623. The first-order chi connectivity index (χ1) is 14.4. The van der Waals surface area contributed by atoms with E-state index in [-0.39, 0.29) is 34.5 Å². The summed E-state index contributed by atoms with van der Waals surface area (Å²) in [6, 6.07) is 11.5. The number of hydrogen-bond donors (Lipinski definition) is 2. The summed E-state index contributed by atoms with van der Waals surface area (Å²) >= 11 is 12.4. The van der Waals surface area contributed by atoms with Crippen molar-refractivity contribution in [2.24, 2.45) is 5.73 Å². The molecule has 0 amide bonds. The van der Waals surface area contributed by atoms with Gasteiger partial charge in [0.05, 0.1) is 10.9 Å². The Morgan fingerprint density at radius 2 is 2.13 bits per heavy atom. The van der Waals surface area contributed by atoms with Crippen molar-refractivity contribution in [2.45, 2.75) is 19.4 Å². The third-order valence-electron chi connectivity index (χ3n) is 4.85. The molecule has 0 fully saturated rings. The molecule has 0 spiro atoms. The number of rotatable bonds is 4. The van der Waals surface area contributed by atoms with E-state index in [0.717, 1.165) is 0 Å². The van der Waals surface area contributed by atoms with Gasteiger partial charge in [0.2, 0.25) is 11.8 Å². The van der Waals surface area contributed by atoms with Gasteiger partial charge in [-0.2, -0.15) is 5.26 Å². The number of H-pyrrole nitrogens is 1. The van der Waals surface area contributed by atoms with Crippen LogP contribution >= 0.6 is 23.2 Å². The third kappa shape index (κ3) is 3.45. The maximum absolute atomic E-state index is 14.2. The molecule has 2 aromatic carbocycles. The fourth-order valence-electron chi connectivity index (χ4n) is 3.41. The van der Waals surface area contributed by atoms with Crippen LogP contribution in [0.25, 0.3) is 0 Å². The Balaban J connectivity index is 1.81. The van der Waals surface area contributed by atoms with Gasteiger partial charge in [-0.25, -0.2) is 4.39 Å². The van der Waals surface area contributed by atoms with Crippen LogP contribution in [0.2, 0.25) is 10.0 Å². The fraction of sp³-hybridized carbons (Fsp3) is 0.143. The Labute approximate surface area is 181 Å². The van der Waals surface area contributed by atoms with E-state index in [9.17, 15) is 9.65 Å². The van der Waals surface area contributed by atoms with E-state index in [2.05, 4.69) is 16.3 Å². The van der Waals surface area contributed by atoms with Gasteiger partial charge in [-0.1, -0.05) is 29.3 Å². The first-order valence-corrected chi connectivity index (χ1v) is 9.64. The Kier molecular flexibility index (Phi) is 5.29. The van der Waals surface area contributed by atoms with Gasteiger partial charge < -0.3 is 15.2 Å². The van der Waals surface area contributed by atoms with Crippen LogP contribution in [0.4, 0.5) is 4.39 Å². The molecule has 1 atom stereocenters. The molecule has 1 aromatic heterocycles. The van der Waals surface area contributed by atoms with Crippen LogP contribution in [0.15, 0.2) is 47.9 Å². The average Bonchev–Trinajstić information content (AvgIpc) is 3.07. The molecule has 0 unspecified atom stereocenters. The van der Waals surface area contributed by atoms with Gasteiger partial charge >= 0.3 is 0 Å². The highest BCUT2D eigenvalue weighted by Gasteiger charge is 2.36. The van der Waals surface area contributed by atoms with Gasteiger partial charge in [0.1, 0.15) is 29.8 Å². The number of nitrogens with two attached hydrogens (primary N) is 1. The molecule has 0 saturated carbocycles. The van der Waals surface area contributed by atoms with Crippen molar-refractivity contribution >= 4 is 23.2 Å². The fourth-order valence-corrected chi connectivity index (χ4v) is 3.80. The standard InChI is InChI=1S/C21H15Cl2FN4O2/c1-10-18-19(13(8-25)20(26)30-21(18)28-27-10)12-7-11(22)5-6-17(12)29-9-14-15(23)3-2-4-16(14)24/h2-7,19H,9,26H2,1H3,(H,27,28)/t19-/m0/s1. The quantitative estimate of drug-likeness (QED) is 0.592. The molecule has 1 aliphatic heterocycles. The lowest BCUT2D eigenvalue weighted by molar-refractivity contribution is 0.295. The number of ether oxygens (including phenoxy) is 2. The van der Waals surface area contributed by atoms with E-state index in [1.54, 1.807) is 24.3 Å². The minimum absolute atomic E-state index is 0.0513. The first kappa shape index (κ1) is 20.1. The van der Waals surface area contributed by atoms with Gasteiger partial charge in [-0.15, -0.1) is 5.10 Å². The molecule has 2 heterocycles. The van der Waals surface area contributed by atoms with Gasteiger partial charge in [-0.05, 0) is 37.3 Å². The average molecular weight is 445 g/mol. The zero-order valence-electron chi connectivity index (χ0n) is 15.7. The Bertz CT molecular complexity index is 1200. The van der Waals surface area contributed by atoms with Crippen molar-refractivity contribution in [3.63, 3.8) is 0 Å². The van der Waals surface area contributed by atoms with Gasteiger partial charge in [0, 0.05) is 27.4 Å². The molecule has 3 aromatic rings. The summed E-state index contributed by atoms with van der Waals surface area (Å²) < 4.78 is 25.6. The molecular formula is C21H15Cl2FN4O2. The van der Waals surface area contributed by atoms with E-state index in [0.29, 0.717) is 27.6 Å². The second-order valence-electron chi connectivity index (χ2n) is 6.66. The largest absolute Gasteiger partial charge is 0.488 e. The van der Waals surface area contributed by atoms with Gasteiger partial charge in [-0.3, -0.25) is 5.10 Å². The van der Waals surface area contributed by atoms with Crippen LogP contribution in [0.5, 0.6) is 11.6 Å². The van der Waals surface area contributed by atoms with Crippen LogP contribution < -0.4 is 15.2 Å². The number of fused-ring (bicyclic) bond motifs is 1. The number of nitrogens with zero attached hydrogens (tertiary/aromatic N) is 2. The van der Waals surface area contributed by atoms with Gasteiger partial charge in [0.25, 0.3) is 0 Å². The number of halogens is 3. The van der Waals surface area contributed by atoms with E-state index in [4.69, 9.17) is 38.4 Å². The van der Waals surface area contributed by atoms with E-state index >= 15 is 0 Å². The molecular weight excluding hydrogens is 430 g/mol. The molecule has 6 nitrogen and oxygen atoms in total. The molecule has 152 valence electrons. The van der Waals surface area contributed by atoms with Crippen molar-refractivity contribution in [2.75, 3.05) is 0 Å². The Morgan fingerprint density at radius 1 is 1.33 bits per heavy atom. The van der Waals surface area contributed by atoms with Crippen LogP contribution in [0, 0.1) is 24.1 Å². The number of aromatic nitrogens is 2. The van der Waals surface area contributed by atoms with Crippen molar-refractivity contribution in [1.29, 1.82) is 5.26 Å². The molecule has 1 aliphatic rings. The molecule has 4 rings (SSSR count). The summed E-state index contributed by atoms with van der Waals surface area (Å²) in [7, 11) is 0. The lowest BCUT2D eigenvalue weighted by atomic mass is 9.83. The van der Waals surface area contributed by atoms with Crippen LogP contribution in [-0.4, -0.2) is 10.2 Å². The van der Waals surface area contributed by atoms with E-state index in [1.807, 2.05) is 6.92 Å². The number of aryl methyl sites for hydroxylation is 1. The summed E-state index contributed by atoms with van der Waals surface area (Å²) in [5.74, 6) is -0.472. The summed E-state index contributed by atoms with van der Waals surface area (Å²) in [6.45, 7) is 1.70. The number of nitrogens with one attached hydrogen (secondary N) is 1. The van der Waals surface area contributed by atoms with Crippen LogP contribution in [0.3, 0.4) is 0 Å². The number of hydrogen-bond acceptors (Lipinski definition) is 5. The predicted molar refractivity (Wildman–Crippen MR) is 110 cm³/mol. The Hall–Kier alpha value is -3.21. The third-order valence-corrected chi connectivity index (χ3v) is 5.44. The maximum atomic E-state index is 14.2. The number of allylic oxidation sites excluding steroid dienone is 1. The normalized spacial score (nSPS) is 15.4. The van der Waals surface area contributed by atoms with Crippen molar-refractivity contribution in [3.05, 3.63) is 86.1 Å². The monoisotopic (exact) mass is 444 g/mol. The second kappa shape index (κ2) is 7.90. The molecule has 0 aliphatic carbocycles. The summed E-state index contributed by atoms with van der Waals surface area (Å²) in [4.78, 5) is 0. The zero-order chi connectivity index (χ0) is 21.4.